The van der Waals surface area contributed by atoms with Crippen molar-refractivity contribution in [1.82, 2.24) is 9.97 Å². The number of nitrogens with one attached hydrogen (secondary N) is 1. The fraction of sp³-hybridized carbons (Fsp3) is 0.158. The zero-order chi connectivity index (χ0) is 18.4. The molecule has 0 fully saturated rings. The quantitative estimate of drug-likeness (QED) is 0.678. The molecule has 0 radical (unpaired) electrons. The van der Waals surface area contributed by atoms with Gasteiger partial charge in [0.05, 0.1) is 5.75 Å². The van der Waals surface area contributed by atoms with Crippen LogP contribution in [0.2, 0.25) is 0 Å². The number of anilines is 1. The van der Waals surface area contributed by atoms with Gasteiger partial charge in [0.1, 0.15) is 17.2 Å². The smallest absolute Gasteiger partial charge is 0.233 e. The molecule has 7 heteroatoms. The maximum Gasteiger partial charge on any atom is 0.233 e. The minimum Gasteiger partial charge on any atom is -0.457 e. The van der Waals surface area contributed by atoms with E-state index in [1.165, 1.54) is 12.4 Å². The van der Waals surface area contributed by atoms with E-state index in [-0.39, 0.29) is 11.6 Å². The lowest BCUT2D eigenvalue weighted by Gasteiger charge is -2.11. The summed E-state index contributed by atoms with van der Waals surface area (Å²) in [7, 11) is -3.44. The molecule has 0 aliphatic heterocycles. The van der Waals surface area contributed by atoms with Crippen molar-refractivity contribution in [3.63, 3.8) is 0 Å². The number of nitrogens with zero attached hydrogens (tertiary/aromatic N) is 2. The largest absolute Gasteiger partial charge is 0.457 e. The van der Waals surface area contributed by atoms with E-state index in [4.69, 9.17) is 4.74 Å². The Morgan fingerprint density at radius 1 is 0.923 bits per heavy atom. The first-order valence-corrected chi connectivity index (χ1v) is 9.87. The van der Waals surface area contributed by atoms with Crippen LogP contribution in [0.3, 0.4) is 0 Å². The van der Waals surface area contributed by atoms with Crippen LogP contribution in [0.4, 0.5) is 5.82 Å². The van der Waals surface area contributed by atoms with Crippen molar-refractivity contribution >= 4 is 15.8 Å². The zero-order valence-electron chi connectivity index (χ0n) is 14.3. The highest BCUT2D eigenvalue weighted by molar-refractivity contribution is 7.92. The van der Waals surface area contributed by atoms with Gasteiger partial charge in [-0.3, -0.25) is 9.71 Å². The van der Waals surface area contributed by atoms with Crippen LogP contribution < -0.4 is 9.46 Å². The average molecular weight is 369 g/mol. The van der Waals surface area contributed by atoms with Crippen LogP contribution in [-0.4, -0.2) is 24.1 Å². The number of ether oxygens (including phenoxy) is 1. The van der Waals surface area contributed by atoms with E-state index < -0.39 is 10.0 Å². The van der Waals surface area contributed by atoms with Crippen molar-refractivity contribution in [2.45, 2.75) is 13.3 Å². The van der Waals surface area contributed by atoms with Crippen LogP contribution in [0.1, 0.15) is 13.3 Å². The maximum atomic E-state index is 12.0. The summed E-state index contributed by atoms with van der Waals surface area (Å²) >= 11 is 0. The van der Waals surface area contributed by atoms with Gasteiger partial charge in [0.25, 0.3) is 0 Å². The third-order valence-electron chi connectivity index (χ3n) is 3.53. The first-order valence-electron chi connectivity index (χ1n) is 8.22. The highest BCUT2D eigenvalue weighted by Gasteiger charge is 2.15. The van der Waals surface area contributed by atoms with Crippen molar-refractivity contribution in [2.24, 2.45) is 0 Å². The molecule has 0 aliphatic rings. The van der Waals surface area contributed by atoms with Crippen LogP contribution >= 0.6 is 0 Å². The fourth-order valence-electron chi connectivity index (χ4n) is 2.40. The lowest BCUT2D eigenvalue weighted by atomic mass is 10.1. The van der Waals surface area contributed by atoms with Crippen LogP contribution in [0.5, 0.6) is 11.5 Å². The van der Waals surface area contributed by atoms with E-state index in [2.05, 4.69) is 14.7 Å². The molecule has 2 aromatic carbocycles. The van der Waals surface area contributed by atoms with E-state index >= 15 is 0 Å². The standard InChI is InChI=1S/C19H19N3O3S/c1-2-14-26(23,24)22-19-18(20-12-13-21-19)15-8-10-17(11-9-15)25-16-6-4-3-5-7-16/h3-13H,2,14H2,1H3,(H,21,22). The third-order valence-corrected chi connectivity index (χ3v) is 4.98. The normalized spacial score (nSPS) is 11.1. The van der Waals surface area contributed by atoms with Crippen LogP contribution in [0, 0.1) is 0 Å². The van der Waals surface area contributed by atoms with Crippen LogP contribution in [0.25, 0.3) is 11.3 Å². The topological polar surface area (TPSA) is 81.2 Å². The van der Waals surface area contributed by atoms with E-state index in [0.717, 1.165) is 11.3 Å². The minimum absolute atomic E-state index is 0.0346. The predicted molar refractivity (Wildman–Crippen MR) is 102 cm³/mol. The molecule has 0 bridgehead atoms. The summed E-state index contributed by atoms with van der Waals surface area (Å²) < 4.78 is 32.4. The predicted octanol–water partition coefficient (Wildman–Crippen LogP) is 4.09. The summed E-state index contributed by atoms with van der Waals surface area (Å²) in [4.78, 5) is 8.41. The summed E-state index contributed by atoms with van der Waals surface area (Å²) in [5.41, 5.74) is 1.21. The molecule has 0 spiro atoms. The lowest BCUT2D eigenvalue weighted by Crippen LogP contribution is -2.17. The second-order valence-electron chi connectivity index (χ2n) is 5.61. The zero-order valence-corrected chi connectivity index (χ0v) is 15.1. The maximum absolute atomic E-state index is 12.0. The van der Waals surface area contributed by atoms with Crippen molar-refractivity contribution < 1.29 is 13.2 Å². The molecule has 0 amide bonds. The molecule has 0 atom stereocenters. The Morgan fingerprint density at radius 3 is 2.27 bits per heavy atom. The van der Waals surface area contributed by atoms with Crippen molar-refractivity contribution in [2.75, 3.05) is 10.5 Å². The Kier molecular flexibility index (Phi) is 5.48. The van der Waals surface area contributed by atoms with E-state index in [1.54, 1.807) is 12.1 Å². The van der Waals surface area contributed by atoms with E-state index in [1.807, 2.05) is 49.4 Å². The monoisotopic (exact) mass is 369 g/mol. The van der Waals surface area contributed by atoms with Crippen LogP contribution in [-0.2, 0) is 10.0 Å². The summed E-state index contributed by atoms with van der Waals surface area (Å²) in [6, 6.07) is 16.7. The molecule has 1 heterocycles. The molecular formula is C19H19N3O3S. The van der Waals surface area contributed by atoms with Crippen molar-refractivity contribution in [3.8, 4) is 22.8 Å². The number of hydrogen-bond donors (Lipinski definition) is 1. The third kappa shape index (κ3) is 4.58. The van der Waals surface area contributed by atoms with Crippen LogP contribution in [0.15, 0.2) is 67.0 Å². The highest BCUT2D eigenvalue weighted by atomic mass is 32.2. The Hall–Kier alpha value is -2.93. The molecule has 1 aromatic heterocycles. The van der Waals surface area contributed by atoms with Gasteiger partial charge in [0.15, 0.2) is 5.82 Å². The van der Waals surface area contributed by atoms with Gasteiger partial charge in [-0.15, -0.1) is 0 Å². The second kappa shape index (κ2) is 7.97. The van der Waals surface area contributed by atoms with Gasteiger partial charge in [-0.05, 0) is 42.8 Å². The molecule has 0 aliphatic carbocycles. The Labute approximate surface area is 153 Å². The summed E-state index contributed by atoms with van der Waals surface area (Å²) in [6.45, 7) is 1.81. The number of benzene rings is 2. The molecule has 1 N–H and O–H groups in total. The van der Waals surface area contributed by atoms with Gasteiger partial charge in [-0.2, -0.15) is 0 Å². The van der Waals surface area contributed by atoms with Gasteiger partial charge in [0, 0.05) is 18.0 Å². The molecule has 3 aromatic rings. The molecule has 0 saturated heterocycles. The number of hydrogen-bond acceptors (Lipinski definition) is 5. The first kappa shape index (κ1) is 17.9. The van der Waals surface area contributed by atoms with Gasteiger partial charge in [-0.1, -0.05) is 25.1 Å². The highest BCUT2D eigenvalue weighted by Crippen LogP contribution is 2.28. The summed E-state index contributed by atoms with van der Waals surface area (Å²) in [5.74, 6) is 1.68. The molecule has 3 rings (SSSR count). The molecular weight excluding hydrogens is 350 g/mol. The van der Waals surface area contributed by atoms with Gasteiger partial charge >= 0.3 is 0 Å². The van der Waals surface area contributed by atoms with Gasteiger partial charge in [-0.25, -0.2) is 13.4 Å². The molecule has 26 heavy (non-hydrogen) atoms. The number of rotatable bonds is 7. The molecule has 0 unspecified atom stereocenters. The number of para-hydroxylation sites is 1. The van der Waals surface area contributed by atoms with E-state index in [9.17, 15) is 8.42 Å². The summed E-state index contributed by atoms with van der Waals surface area (Å²) in [5, 5.41) is 0. The first-order chi connectivity index (χ1) is 12.6. The van der Waals surface area contributed by atoms with Crippen molar-refractivity contribution in [1.29, 1.82) is 0 Å². The van der Waals surface area contributed by atoms with E-state index in [0.29, 0.717) is 17.9 Å². The van der Waals surface area contributed by atoms with Gasteiger partial charge < -0.3 is 4.74 Å². The Bertz CT molecular complexity index is 959. The molecule has 6 nitrogen and oxygen atoms in total. The fourth-order valence-corrected chi connectivity index (χ4v) is 3.48. The lowest BCUT2D eigenvalue weighted by molar-refractivity contribution is 0.483. The second-order valence-corrected chi connectivity index (χ2v) is 7.46. The minimum atomic E-state index is -3.44. The van der Waals surface area contributed by atoms with Gasteiger partial charge in [0.2, 0.25) is 10.0 Å². The SMILES string of the molecule is CCCS(=O)(=O)Nc1nccnc1-c1ccc(Oc2ccccc2)cc1. The molecule has 0 saturated carbocycles. The Morgan fingerprint density at radius 2 is 1.58 bits per heavy atom. The summed E-state index contributed by atoms with van der Waals surface area (Å²) in [6.07, 6.45) is 3.51. The average Bonchev–Trinajstić information content (AvgIpc) is 2.63. The number of sulfonamides is 1. The van der Waals surface area contributed by atoms with Crippen molar-refractivity contribution in [3.05, 3.63) is 67.0 Å². The Balaban J connectivity index is 1.83. The molecule has 134 valence electrons. The number of aromatic nitrogens is 2.